The molecule has 0 bridgehead atoms. The fraction of sp³-hybridized carbons (Fsp3) is 0.333. The van der Waals surface area contributed by atoms with E-state index in [9.17, 15) is 8.42 Å². The predicted molar refractivity (Wildman–Crippen MR) is 66.5 cm³/mol. The fourth-order valence-electron chi connectivity index (χ4n) is 2.49. The lowest BCUT2D eigenvalue weighted by Gasteiger charge is -2.34. The highest BCUT2D eigenvalue weighted by molar-refractivity contribution is 7.88. The number of rotatable bonds is 2. The fourth-order valence-corrected chi connectivity index (χ4v) is 3.51. The van der Waals surface area contributed by atoms with Crippen molar-refractivity contribution in [2.45, 2.75) is 12.6 Å². The largest absolute Gasteiger partial charge is 0.472 e. The zero-order valence-electron chi connectivity index (χ0n) is 9.98. The Morgan fingerprint density at radius 1 is 1.33 bits per heavy atom. The van der Waals surface area contributed by atoms with E-state index >= 15 is 0 Å². The summed E-state index contributed by atoms with van der Waals surface area (Å²) in [7, 11) is -3.24. The summed E-state index contributed by atoms with van der Waals surface area (Å²) >= 11 is 0. The highest BCUT2D eigenvalue weighted by atomic mass is 32.2. The van der Waals surface area contributed by atoms with Gasteiger partial charge in [0.15, 0.2) is 0 Å². The molecule has 6 heteroatoms. The lowest BCUT2D eigenvalue weighted by atomic mass is 10.1. The SMILES string of the molecule is CS(=O)(=O)N1CCn2cccc2C1c1ccoc1. The summed E-state index contributed by atoms with van der Waals surface area (Å²) in [6.45, 7) is 1.17. The molecule has 2 aromatic rings. The zero-order chi connectivity index (χ0) is 12.8. The topological polar surface area (TPSA) is 55.5 Å². The molecule has 1 atom stereocenters. The molecule has 18 heavy (non-hydrogen) atoms. The molecule has 1 unspecified atom stereocenters. The van der Waals surface area contributed by atoms with Crippen molar-refractivity contribution in [3.8, 4) is 0 Å². The Labute approximate surface area is 106 Å². The van der Waals surface area contributed by atoms with Crippen LogP contribution >= 0.6 is 0 Å². The van der Waals surface area contributed by atoms with Crippen LogP contribution in [0.2, 0.25) is 0 Å². The minimum Gasteiger partial charge on any atom is -0.472 e. The second-order valence-electron chi connectivity index (χ2n) is 4.46. The van der Waals surface area contributed by atoms with Crippen molar-refractivity contribution < 1.29 is 12.8 Å². The minimum atomic E-state index is -3.24. The molecule has 1 aliphatic rings. The molecule has 0 N–H and O–H groups in total. The van der Waals surface area contributed by atoms with Crippen LogP contribution in [0.15, 0.2) is 41.3 Å². The van der Waals surface area contributed by atoms with Gasteiger partial charge >= 0.3 is 0 Å². The Bertz CT molecular complexity index is 643. The molecule has 1 aliphatic heterocycles. The van der Waals surface area contributed by atoms with Gasteiger partial charge in [0.1, 0.15) is 0 Å². The van der Waals surface area contributed by atoms with Gasteiger partial charge in [0, 0.05) is 30.5 Å². The molecule has 0 aliphatic carbocycles. The van der Waals surface area contributed by atoms with Gasteiger partial charge in [-0.2, -0.15) is 4.31 Å². The van der Waals surface area contributed by atoms with E-state index in [4.69, 9.17) is 4.42 Å². The van der Waals surface area contributed by atoms with Crippen molar-refractivity contribution in [3.63, 3.8) is 0 Å². The molecule has 0 spiro atoms. The normalized spacial score (nSPS) is 20.8. The van der Waals surface area contributed by atoms with Gasteiger partial charge in [-0.1, -0.05) is 0 Å². The third-order valence-electron chi connectivity index (χ3n) is 3.28. The second kappa shape index (κ2) is 4.00. The molecule has 3 rings (SSSR count). The van der Waals surface area contributed by atoms with Crippen molar-refractivity contribution in [1.29, 1.82) is 0 Å². The van der Waals surface area contributed by atoms with Crippen molar-refractivity contribution >= 4 is 10.0 Å². The quantitative estimate of drug-likeness (QED) is 0.826. The first-order valence-corrected chi connectivity index (χ1v) is 7.56. The molecule has 0 radical (unpaired) electrons. The summed E-state index contributed by atoms with van der Waals surface area (Å²) < 4.78 is 32.5. The van der Waals surface area contributed by atoms with Gasteiger partial charge in [0.05, 0.1) is 24.8 Å². The van der Waals surface area contributed by atoms with Crippen LogP contribution in [-0.2, 0) is 16.6 Å². The molecule has 0 aromatic carbocycles. The van der Waals surface area contributed by atoms with Crippen LogP contribution in [0.1, 0.15) is 17.3 Å². The van der Waals surface area contributed by atoms with Crippen LogP contribution < -0.4 is 0 Å². The van der Waals surface area contributed by atoms with Crippen molar-refractivity contribution in [1.82, 2.24) is 8.87 Å². The molecule has 0 amide bonds. The maximum atomic E-state index is 11.9. The summed E-state index contributed by atoms with van der Waals surface area (Å²) in [5, 5.41) is 0. The monoisotopic (exact) mass is 266 g/mol. The maximum absolute atomic E-state index is 11.9. The Morgan fingerprint density at radius 2 is 2.17 bits per heavy atom. The van der Waals surface area contributed by atoms with Gasteiger partial charge in [-0.05, 0) is 18.2 Å². The van der Waals surface area contributed by atoms with Gasteiger partial charge in [0.25, 0.3) is 0 Å². The Morgan fingerprint density at radius 3 is 2.83 bits per heavy atom. The number of furan rings is 1. The first-order valence-electron chi connectivity index (χ1n) is 5.71. The lowest BCUT2D eigenvalue weighted by Crippen LogP contribution is -2.41. The molecule has 0 saturated heterocycles. The van der Waals surface area contributed by atoms with E-state index in [0.717, 1.165) is 11.3 Å². The van der Waals surface area contributed by atoms with Gasteiger partial charge in [-0.25, -0.2) is 8.42 Å². The number of hydrogen-bond donors (Lipinski definition) is 0. The zero-order valence-corrected chi connectivity index (χ0v) is 10.8. The van der Waals surface area contributed by atoms with Crippen LogP contribution in [0.5, 0.6) is 0 Å². The average molecular weight is 266 g/mol. The summed E-state index contributed by atoms with van der Waals surface area (Å²) in [5.41, 5.74) is 1.84. The second-order valence-corrected chi connectivity index (χ2v) is 6.39. The average Bonchev–Trinajstić information content (AvgIpc) is 2.97. The highest BCUT2D eigenvalue weighted by Gasteiger charge is 2.34. The molecular weight excluding hydrogens is 252 g/mol. The first-order chi connectivity index (χ1) is 8.57. The van der Waals surface area contributed by atoms with E-state index in [2.05, 4.69) is 4.57 Å². The van der Waals surface area contributed by atoms with Crippen LogP contribution in [0.25, 0.3) is 0 Å². The molecule has 2 aromatic heterocycles. The van der Waals surface area contributed by atoms with E-state index in [1.54, 1.807) is 12.5 Å². The summed E-state index contributed by atoms with van der Waals surface area (Å²) in [6.07, 6.45) is 6.39. The standard InChI is InChI=1S/C12H14N2O3S/c1-18(15,16)14-7-6-13-5-2-3-11(13)12(14)10-4-8-17-9-10/h2-5,8-9,12H,6-7H2,1H3. The van der Waals surface area contributed by atoms with Crippen LogP contribution in [-0.4, -0.2) is 30.1 Å². The smallest absolute Gasteiger partial charge is 0.212 e. The number of sulfonamides is 1. The summed E-state index contributed by atoms with van der Waals surface area (Å²) in [4.78, 5) is 0. The van der Waals surface area contributed by atoms with Crippen LogP contribution in [0, 0.1) is 0 Å². The van der Waals surface area contributed by atoms with Gasteiger partial charge in [-0.3, -0.25) is 0 Å². The van der Waals surface area contributed by atoms with Gasteiger partial charge < -0.3 is 8.98 Å². The summed E-state index contributed by atoms with van der Waals surface area (Å²) in [6, 6.07) is 5.41. The number of hydrogen-bond acceptors (Lipinski definition) is 3. The number of fused-ring (bicyclic) bond motifs is 1. The number of nitrogens with zero attached hydrogens (tertiary/aromatic N) is 2. The van der Waals surface area contributed by atoms with E-state index in [-0.39, 0.29) is 6.04 Å². The molecule has 3 heterocycles. The molecule has 0 fully saturated rings. The van der Waals surface area contributed by atoms with Crippen LogP contribution in [0.3, 0.4) is 0 Å². The van der Waals surface area contributed by atoms with E-state index in [1.165, 1.54) is 10.6 Å². The lowest BCUT2D eigenvalue weighted by molar-refractivity contribution is 0.299. The maximum Gasteiger partial charge on any atom is 0.212 e. The first kappa shape index (κ1) is 11.6. The minimum absolute atomic E-state index is 0.289. The molecule has 0 saturated carbocycles. The van der Waals surface area contributed by atoms with Gasteiger partial charge in [-0.15, -0.1) is 0 Å². The van der Waals surface area contributed by atoms with Gasteiger partial charge in [0.2, 0.25) is 10.0 Å². The third-order valence-corrected chi connectivity index (χ3v) is 4.52. The van der Waals surface area contributed by atoms with Crippen LogP contribution in [0.4, 0.5) is 0 Å². The van der Waals surface area contributed by atoms with E-state index in [1.807, 2.05) is 24.4 Å². The Hall–Kier alpha value is -1.53. The van der Waals surface area contributed by atoms with E-state index in [0.29, 0.717) is 13.1 Å². The molecule has 96 valence electrons. The summed E-state index contributed by atoms with van der Waals surface area (Å²) in [5.74, 6) is 0. The van der Waals surface area contributed by atoms with E-state index < -0.39 is 10.0 Å². The van der Waals surface area contributed by atoms with Crippen molar-refractivity contribution in [2.75, 3.05) is 12.8 Å². The third kappa shape index (κ3) is 1.77. The highest BCUT2D eigenvalue weighted by Crippen LogP contribution is 2.34. The molecule has 5 nitrogen and oxygen atoms in total. The Balaban J connectivity index is 2.14. The molecular formula is C12H14N2O3S. The van der Waals surface area contributed by atoms with Crippen molar-refractivity contribution in [3.05, 3.63) is 48.2 Å². The predicted octanol–water partition coefficient (Wildman–Crippen LogP) is 1.45. The Kier molecular flexibility index (Phi) is 2.57. The number of aromatic nitrogens is 1. The van der Waals surface area contributed by atoms with Crippen molar-refractivity contribution in [2.24, 2.45) is 0 Å².